The number of hydrogen-bond donors (Lipinski definition) is 1. The highest BCUT2D eigenvalue weighted by Crippen LogP contribution is 2.22. The van der Waals surface area contributed by atoms with Crippen LogP contribution < -0.4 is 10.5 Å². The number of halogens is 1. The molecule has 0 saturated carbocycles. The Bertz CT molecular complexity index is 396. The summed E-state index contributed by atoms with van der Waals surface area (Å²) in [5.41, 5.74) is 6.37. The molecule has 0 unspecified atom stereocenters. The summed E-state index contributed by atoms with van der Waals surface area (Å²) in [6, 6.07) is 5.18. The third-order valence-electron chi connectivity index (χ3n) is 2.49. The van der Waals surface area contributed by atoms with E-state index in [1.807, 2.05) is 6.92 Å². The fraction of sp³-hybridized carbons (Fsp3) is 0.417. The third kappa shape index (κ3) is 3.91. The molecule has 17 heavy (non-hydrogen) atoms. The molecule has 0 fully saturated rings. The van der Waals surface area contributed by atoms with Crippen LogP contribution in [0.25, 0.3) is 0 Å². The van der Waals surface area contributed by atoms with E-state index >= 15 is 0 Å². The fourth-order valence-electron chi connectivity index (χ4n) is 1.27. The summed E-state index contributed by atoms with van der Waals surface area (Å²) in [6.45, 7) is 2.91. The number of benzene rings is 1. The predicted molar refractivity (Wildman–Crippen MR) is 68.1 cm³/mol. The molecule has 1 aromatic rings. The van der Waals surface area contributed by atoms with Crippen molar-refractivity contribution in [3.8, 4) is 5.75 Å². The second-order valence-electron chi connectivity index (χ2n) is 3.65. The van der Waals surface area contributed by atoms with Gasteiger partial charge in [0.15, 0.2) is 6.61 Å². The van der Waals surface area contributed by atoms with Crippen molar-refractivity contribution in [1.82, 2.24) is 4.90 Å². The average Bonchev–Trinajstić information content (AvgIpc) is 2.35. The van der Waals surface area contributed by atoms with E-state index in [9.17, 15) is 4.79 Å². The lowest BCUT2D eigenvalue weighted by atomic mass is 10.2. The van der Waals surface area contributed by atoms with Crippen LogP contribution in [0.1, 0.15) is 12.5 Å². The highest BCUT2D eigenvalue weighted by molar-refractivity contribution is 6.30. The number of carbonyl (C=O) groups excluding carboxylic acids is 1. The van der Waals surface area contributed by atoms with Crippen molar-refractivity contribution in [3.63, 3.8) is 0 Å². The lowest BCUT2D eigenvalue weighted by Gasteiger charge is -2.16. The van der Waals surface area contributed by atoms with Crippen LogP contribution in [-0.4, -0.2) is 31.0 Å². The first-order valence-corrected chi connectivity index (χ1v) is 5.81. The summed E-state index contributed by atoms with van der Waals surface area (Å²) in [7, 11) is 1.73. The summed E-state index contributed by atoms with van der Waals surface area (Å²) >= 11 is 5.84. The number of carbonyl (C=O) groups is 1. The second kappa shape index (κ2) is 6.47. The van der Waals surface area contributed by atoms with Gasteiger partial charge in [0.1, 0.15) is 5.75 Å². The van der Waals surface area contributed by atoms with Crippen molar-refractivity contribution in [2.45, 2.75) is 13.5 Å². The molecule has 0 aromatic heterocycles. The molecule has 0 heterocycles. The number of ether oxygens (including phenoxy) is 1. The third-order valence-corrected chi connectivity index (χ3v) is 2.73. The minimum atomic E-state index is -0.0644. The van der Waals surface area contributed by atoms with Gasteiger partial charge in [-0.2, -0.15) is 0 Å². The molecule has 1 aromatic carbocycles. The quantitative estimate of drug-likeness (QED) is 0.872. The Morgan fingerprint density at radius 2 is 2.24 bits per heavy atom. The van der Waals surface area contributed by atoms with Gasteiger partial charge in [0, 0.05) is 30.7 Å². The molecule has 0 aliphatic heterocycles. The van der Waals surface area contributed by atoms with Crippen LogP contribution in [0.15, 0.2) is 18.2 Å². The zero-order chi connectivity index (χ0) is 12.8. The van der Waals surface area contributed by atoms with E-state index in [0.29, 0.717) is 23.9 Å². The Morgan fingerprint density at radius 3 is 2.82 bits per heavy atom. The van der Waals surface area contributed by atoms with Gasteiger partial charge in [-0.25, -0.2) is 0 Å². The number of likely N-dealkylation sites (N-methyl/N-ethyl adjacent to an activating group) is 1. The van der Waals surface area contributed by atoms with E-state index in [4.69, 9.17) is 22.1 Å². The van der Waals surface area contributed by atoms with E-state index in [1.165, 1.54) is 0 Å². The van der Waals surface area contributed by atoms with Crippen LogP contribution in [0.4, 0.5) is 0 Å². The van der Waals surface area contributed by atoms with Crippen LogP contribution >= 0.6 is 11.6 Å². The van der Waals surface area contributed by atoms with Gasteiger partial charge >= 0.3 is 0 Å². The highest BCUT2D eigenvalue weighted by Gasteiger charge is 2.09. The molecule has 0 aliphatic carbocycles. The first kappa shape index (κ1) is 13.8. The largest absolute Gasteiger partial charge is 0.483 e. The second-order valence-corrected chi connectivity index (χ2v) is 4.09. The SMILES string of the molecule is CCN(C)C(=O)COc1ccc(Cl)cc1CN. The molecular formula is C12H17ClN2O2. The molecule has 0 aliphatic rings. The van der Waals surface area contributed by atoms with Crippen molar-refractivity contribution >= 4 is 17.5 Å². The van der Waals surface area contributed by atoms with Gasteiger partial charge in [0.2, 0.25) is 0 Å². The summed E-state index contributed by atoms with van der Waals surface area (Å²) in [4.78, 5) is 13.2. The maximum Gasteiger partial charge on any atom is 0.260 e. The molecular weight excluding hydrogens is 240 g/mol. The molecule has 0 radical (unpaired) electrons. The standard InChI is InChI=1S/C12H17ClN2O2/c1-3-15(2)12(16)8-17-11-5-4-10(13)6-9(11)7-14/h4-6H,3,7-8,14H2,1-2H3. The topological polar surface area (TPSA) is 55.6 Å². The minimum absolute atomic E-state index is 0.0129. The number of nitrogens with two attached hydrogens (primary N) is 1. The van der Waals surface area contributed by atoms with E-state index in [-0.39, 0.29) is 12.5 Å². The van der Waals surface area contributed by atoms with Gasteiger partial charge < -0.3 is 15.4 Å². The summed E-state index contributed by atoms with van der Waals surface area (Å²) < 4.78 is 5.44. The van der Waals surface area contributed by atoms with E-state index in [2.05, 4.69) is 0 Å². The molecule has 0 saturated heterocycles. The van der Waals surface area contributed by atoms with Crippen LogP contribution in [0.5, 0.6) is 5.75 Å². The van der Waals surface area contributed by atoms with Gasteiger partial charge in [-0.1, -0.05) is 11.6 Å². The van der Waals surface area contributed by atoms with Gasteiger partial charge in [-0.15, -0.1) is 0 Å². The Kier molecular flexibility index (Phi) is 5.25. The molecule has 1 amide bonds. The van der Waals surface area contributed by atoms with Crippen molar-refractivity contribution < 1.29 is 9.53 Å². The fourth-order valence-corrected chi connectivity index (χ4v) is 1.47. The minimum Gasteiger partial charge on any atom is -0.483 e. The van der Waals surface area contributed by atoms with E-state index in [1.54, 1.807) is 30.1 Å². The van der Waals surface area contributed by atoms with Crippen molar-refractivity contribution in [1.29, 1.82) is 0 Å². The van der Waals surface area contributed by atoms with Crippen LogP contribution in [0, 0.1) is 0 Å². The molecule has 2 N–H and O–H groups in total. The predicted octanol–water partition coefficient (Wildman–Crippen LogP) is 1.66. The lowest BCUT2D eigenvalue weighted by Crippen LogP contribution is -2.31. The van der Waals surface area contributed by atoms with E-state index in [0.717, 1.165) is 5.56 Å². The Balaban J connectivity index is 2.66. The molecule has 5 heteroatoms. The van der Waals surface area contributed by atoms with E-state index < -0.39 is 0 Å². The summed E-state index contributed by atoms with van der Waals surface area (Å²) in [6.07, 6.45) is 0. The zero-order valence-electron chi connectivity index (χ0n) is 10.1. The van der Waals surface area contributed by atoms with Gasteiger partial charge in [0.05, 0.1) is 0 Å². The maximum atomic E-state index is 11.6. The summed E-state index contributed by atoms with van der Waals surface area (Å²) in [5.74, 6) is 0.542. The van der Waals surface area contributed by atoms with Gasteiger partial charge in [0.25, 0.3) is 5.91 Å². The molecule has 94 valence electrons. The van der Waals surface area contributed by atoms with Crippen LogP contribution in [-0.2, 0) is 11.3 Å². The average molecular weight is 257 g/mol. The molecule has 0 atom stereocenters. The zero-order valence-corrected chi connectivity index (χ0v) is 10.8. The molecule has 4 nitrogen and oxygen atoms in total. The van der Waals surface area contributed by atoms with Gasteiger partial charge in [-0.3, -0.25) is 4.79 Å². The number of rotatable bonds is 5. The number of amides is 1. The first-order valence-electron chi connectivity index (χ1n) is 5.43. The lowest BCUT2D eigenvalue weighted by molar-refractivity contribution is -0.131. The highest BCUT2D eigenvalue weighted by atomic mass is 35.5. The van der Waals surface area contributed by atoms with Crippen LogP contribution in [0.3, 0.4) is 0 Å². The maximum absolute atomic E-state index is 11.6. The van der Waals surface area contributed by atoms with Crippen molar-refractivity contribution in [2.75, 3.05) is 20.2 Å². The molecule has 1 rings (SSSR count). The number of hydrogen-bond acceptors (Lipinski definition) is 3. The Hall–Kier alpha value is -1.26. The molecule has 0 bridgehead atoms. The summed E-state index contributed by atoms with van der Waals surface area (Å²) in [5, 5.41) is 0.606. The number of nitrogens with zero attached hydrogens (tertiary/aromatic N) is 1. The Labute approximate surface area is 106 Å². The normalized spacial score (nSPS) is 10.1. The molecule has 0 spiro atoms. The smallest absolute Gasteiger partial charge is 0.260 e. The van der Waals surface area contributed by atoms with Crippen molar-refractivity contribution in [3.05, 3.63) is 28.8 Å². The van der Waals surface area contributed by atoms with Crippen LogP contribution in [0.2, 0.25) is 5.02 Å². The van der Waals surface area contributed by atoms with Crippen molar-refractivity contribution in [2.24, 2.45) is 5.73 Å². The van der Waals surface area contributed by atoms with Gasteiger partial charge in [-0.05, 0) is 25.1 Å². The Morgan fingerprint density at radius 1 is 1.53 bits per heavy atom. The monoisotopic (exact) mass is 256 g/mol. The first-order chi connectivity index (χ1) is 8.08.